The van der Waals surface area contributed by atoms with Crippen LogP contribution in [0.15, 0.2) is 41.0 Å². The van der Waals surface area contributed by atoms with Crippen LogP contribution in [-0.4, -0.2) is 31.0 Å². The summed E-state index contributed by atoms with van der Waals surface area (Å²) in [5.41, 5.74) is 5.97. The van der Waals surface area contributed by atoms with Crippen LogP contribution in [0.5, 0.6) is 5.75 Å². The van der Waals surface area contributed by atoms with E-state index >= 15 is 0 Å². The molecule has 23 heavy (non-hydrogen) atoms. The topological polar surface area (TPSA) is 68.7 Å². The smallest absolute Gasteiger partial charge is 0.256 e. The summed E-state index contributed by atoms with van der Waals surface area (Å²) < 4.78 is 10.8. The van der Waals surface area contributed by atoms with Crippen molar-refractivity contribution in [3.8, 4) is 5.75 Å². The number of ether oxygens (including phenoxy) is 1. The first kappa shape index (κ1) is 19.4. The second kappa shape index (κ2) is 9.45. The van der Waals surface area contributed by atoms with Gasteiger partial charge in [0.2, 0.25) is 0 Å². The molecule has 0 aliphatic rings. The summed E-state index contributed by atoms with van der Waals surface area (Å²) in [5.74, 6) is 1.23. The predicted molar refractivity (Wildman–Crippen MR) is 92.4 cm³/mol. The third kappa shape index (κ3) is 5.78. The first-order valence-electron chi connectivity index (χ1n) is 7.01. The van der Waals surface area contributed by atoms with Gasteiger partial charge in [-0.15, -0.1) is 12.4 Å². The van der Waals surface area contributed by atoms with E-state index in [1.165, 1.54) is 6.26 Å². The van der Waals surface area contributed by atoms with E-state index in [9.17, 15) is 4.79 Å². The molecule has 0 aliphatic heterocycles. The molecule has 0 atom stereocenters. The molecule has 0 fully saturated rings. The highest BCUT2D eigenvalue weighted by Crippen LogP contribution is 2.17. The highest BCUT2D eigenvalue weighted by Gasteiger charge is 2.14. The van der Waals surface area contributed by atoms with Gasteiger partial charge in [-0.2, -0.15) is 0 Å². The van der Waals surface area contributed by atoms with Gasteiger partial charge >= 0.3 is 0 Å². The molecule has 1 aromatic heterocycles. The average molecular weight is 359 g/mol. The van der Waals surface area contributed by atoms with Crippen LogP contribution < -0.4 is 10.5 Å². The van der Waals surface area contributed by atoms with E-state index in [0.29, 0.717) is 29.5 Å². The Morgan fingerprint density at radius 1 is 1.39 bits per heavy atom. The Morgan fingerprint density at radius 2 is 2.17 bits per heavy atom. The summed E-state index contributed by atoms with van der Waals surface area (Å²) in [6, 6.07) is 8.90. The molecular weight excluding hydrogens is 339 g/mol. The second-order valence-electron chi connectivity index (χ2n) is 4.89. The van der Waals surface area contributed by atoms with E-state index < -0.39 is 0 Å². The number of nitrogens with zero attached hydrogens (tertiary/aromatic N) is 1. The number of furan rings is 1. The molecule has 1 aromatic carbocycles. The summed E-state index contributed by atoms with van der Waals surface area (Å²) >= 11 is 5.88. The van der Waals surface area contributed by atoms with Gasteiger partial charge in [-0.25, -0.2) is 0 Å². The van der Waals surface area contributed by atoms with Gasteiger partial charge < -0.3 is 19.8 Å². The number of benzene rings is 1. The van der Waals surface area contributed by atoms with Crippen molar-refractivity contribution in [3.05, 3.63) is 52.9 Å². The zero-order valence-corrected chi connectivity index (χ0v) is 14.4. The molecule has 7 heteroatoms. The molecule has 5 nitrogen and oxygen atoms in total. The Bertz CT molecular complexity index is 631. The number of carbonyl (C=O) groups excluding carboxylic acids is 1. The minimum Gasteiger partial charge on any atom is -0.493 e. The lowest BCUT2D eigenvalue weighted by atomic mass is 10.2. The van der Waals surface area contributed by atoms with Gasteiger partial charge in [-0.1, -0.05) is 17.7 Å². The summed E-state index contributed by atoms with van der Waals surface area (Å²) in [4.78, 5) is 13.8. The van der Waals surface area contributed by atoms with Gasteiger partial charge in [0.05, 0.1) is 18.7 Å². The van der Waals surface area contributed by atoms with Crippen molar-refractivity contribution in [2.75, 3.05) is 20.2 Å². The van der Waals surface area contributed by atoms with Crippen LogP contribution in [0.4, 0.5) is 0 Å². The van der Waals surface area contributed by atoms with E-state index in [2.05, 4.69) is 0 Å². The Hall–Kier alpha value is -1.69. The SMILES string of the molecule is CN(CCCOc1cccc(Cl)c1)C(=O)c1coc(CN)c1.Cl. The normalized spacial score (nSPS) is 10.0. The molecule has 2 N–H and O–H groups in total. The van der Waals surface area contributed by atoms with Gasteiger partial charge in [0, 0.05) is 18.6 Å². The first-order chi connectivity index (χ1) is 10.6. The van der Waals surface area contributed by atoms with E-state index in [1.54, 1.807) is 30.1 Å². The predicted octanol–water partition coefficient (Wildman–Crippen LogP) is 3.35. The summed E-state index contributed by atoms with van der Waals surface area (Å²) in [6.45, 7) is 1.38. The summed E-state index contributed by atoms with van der Waals surface area (Å²) in [5, 5.41) is 0.639. The maximum absolute atomic E-state index is 12.1. The highest BCUT2D eigenvalue weighted by atomic mass is 35.5. The molecule has 126 valence electrons. The van der Waals surface area contributed by atoms with Crippen LogP contribution in [0.1, 0.15) is 22.5 Å². The van der Waals surface area contributed by atoms with Crippen molar-refractivity contribution >= 4 is 29.9 Å². The lowest BCUT2D eigenvalue weighted by Gasteiger charge is -2.16. The van der Waals surface area contributed by atoms with E-state index in [-0.39, 0.29) is 24.9 Å². The van der Waals surface area contributed by atoms with Crippen LogP contribution in [0.25, 0.3) is 0 Å². The fourth-order valence-corrected chi connectivity index (χ4v) is 2.15. The summed E-state index contributed by atoms with van der Waals surface area (Å²) in [7, 11) is 1.75. The van der Waals surface area contributed by atoms with Crippen LogP contribution in [0.2, 0.25) is 5.02 Å². The maximum Gasteiger partial charge on any atom is 0.256 e. The van der Waals surface area contributed by atoms with E-state index in [0.717, 1.165) is 12.2 Å². The monoisotopic (exact) mass is 358 g/mol. The molecule has 0 unspecified atom stereocenters. The first-order valence-corrected chi connectivity index (χ1v) is 7.39. The van der Waals surface area contributed by atoms with Crippen molar-refractivity contribution in [2.45, 2.75) is 13.0 Å². The lowest BCUT2D eigenvalue weighted by molar-refractivity contribution is 0.0787. The number of hydrogen-bond donors (Lipinski definition) is 1. The Morgan fingerprint density at radius 3 is 2.83 bits per heavy atom. The fourth-order valence-electron chi connectivity index (χ4n) is 1.97. The van der Waals surface area contributed by atoms with Crippen LogP contribution >= 0.6 is 24.0 Å². The molecule has 2 rings (SSSR count). The van der Waals surface area contributed by atoms with Gasteiger partial charge in [-0.05, 0) is 30.7 Å². The minimum absolute atomic E-state index is 0. The molecule has 0 aliphatic carbocycles. The number of nitrogens with two attached hydrogens (primary N) is 1. The molecular formula is C16H20Cl2N2O3. The van der Waals surface area contributed by atoms with Crippen LogP contribution in [0, 0.1) is 0 Å². The van der Waals surface area contributed by atoms with Gasteiger partial charge in [0.15, 0.2) is 0 Å². The molecule has 0 spiro atoms. The van der Waals surface area contributed by atoms with Crippen molar-refractivity contribution < 1.29 is 13.9 Å². The zero-order valence-electron chi connectivity index (χ0n) is 12.8. The number of rotatable bonds is 7. The van der Waals surface area contributed by atoms with Crippen LogP contribution in [-0.2, 0) is 6.54 Å². The minimum atomic E-state index is -0.0915. The van der Waals surface area contributed by atoms with Crippen molar-refractivity contribution in [1.29, 1.82) is 0 Å². The number of amides is 1. The Kier molecular flexibility index (Phi) is 7.95. The van der Waals surface area contributed by atoms with Gasteiger partial charge in [0.1, 0.15) is 17.8 Å². The largest absolute Gasteiger partial charge is 0.493 e. The van der Waals surface area contributed by atoms with Gasteiger partial charge in [-0.3, -0.25) is 4.79 Å². The summed E-state index contributed by atoms with van der Waals surface area (Å²) in [6.07, 6.45) is 2.15. The quantitative estimate of drug-likeness (QED) is 0.770. The zero-order chi connectivity index (χ0) is 15.9. The van der Waals surface area contributed by atoms with Crippen molar-refractivity contribution in [1.82, 2.24) is 4.90 Å². The molecule has 1 amide bonds. The molecule has 0 radical (unpaired) electrons. The number of halogens is 2. The maximum atomic E-state index is 12.1. The standard InChI is InChI=1S/C16H19ClN2O3.ClH/c1-19(16(20)12-8-15(10-18)22-11-12)6-3-7-21-14-5-2-4-13(17)9-14;/h2,4-5,8-9,11H,3,6-7,10,18H2,1H3;1H. The van der Waals surface area contributed by atoms with Crippen LogP contribution in [0.3, 0.4) is 0 Å². The second-order valence-corrected chi connectivity index (χ2v) is 5.33. The van der Waals surface area contributed by atoms with Crippen molar-refractivity contribution in [3.63, 3.8) is 0 Å². The van der Waals surface area contributed by atoms with Gasteiger partial charge in [0.25, 0.3) is 5.91 Å². The third-order valence-corrected chi connectivity index (χ3v) is 3.39. The number of hydrogen-bond acceptors (Lipinski definition) is 4. The highest BCUT2D eigenvalue weighted by molar-refractivity contribution is 6.30. The third-order valence-electron chi connectivity index (χ3n) is 3.15. The number of carbonyl (C=O) groups is 1. The molecule has 0 saturated carbocycles. The molecule has 2 aromatic rings. The lowest BCUT2D eigenvalue weighted by Crippen LogP contribution is -2.28. The van der Waals surface area contributed by atoms with E-state index in [1.807, 2.05) is 12.1 Å². The fraction of sp³-hybridized carbons (Fsp3) is 0.312. The Labute approximate surface area is 146 Å². The average Bonchev–Trinajstić information content (AvgIpc) is 2.99. The van der Waals surface area contributed by atoms with Crippen molar-refractivity contribution in [2.24, 2.45) is 5.73 Å². The Balaban J connectivity index is 0.00000264. The molecule has 0 bridgehead atoms. The van der Waals surface area contributed by atoms with E-state index in [4.69, 9.17) is 26.5 Å². The molecule has 1 heterocycles. The molecule has 0 saturated heterocycles.